The van der Waals surface area contributed by atoms with E-state index in [0.29, 0.717) is 21.4 Å². The van der Waals surface area contributed by atoms with Crippen LogP contribution in [0.25, 0.3) is 0 Å². The van der Waals surface area contributed by atoms with Gasteiger partial charge >= 0.3 is 0 Å². The van der Waals surface area contributed by atoms with Gasteiger partial charge in [-0.1, -0.05) is 30.1 Å². The second kappa shape index (κ2) is 13.4. The summed E-state index contributed by atoms with van der Waals surface area (Å²) < 4.78 is 62.7. The van der Waals surface area contributed by atoms with Crippen molar-refractivity contribution in [2.24, 2.45) is 5.92 Å². The van der Waals surface area contributed by atoms with Crippen LogP contribution in [0.5, 0.6) is 5.75 Å². The summed E-state index contributed by atoms with van der Waals surface area (Å²) in [5.41, 5.74) is 0.608. The maximum absolute atomic E-state index is 13.5. The van der Waals surface area contributed by atoms with Crippen molar-refractivity contribution in [2.75, 3.05) is 31.5 Å². The number of hydrogen-bond donors (Lipinski definition) is 2. The molecule has 1 aliphatic heterocycles. The van der Waals surface area contributed by atoms with Crippen LogP contribution in [0.3, 0.4) is 0 Å². The number of fused-ring (bicyclic) bond motifs is 1. The number of hydrogen-bond acceptors (Lipinski definition) is 7. The zero-order valence-electron chi connectivity index (χ0n) is 23.8. The lowest BCUT2D eigenvalue weighted by Gasteiger charge is -2.33. The Morgan fingerprint density at radius 1 is 1.00 bits per heavy atom. The van der Waals surface area contributed by atoms with Crippen molar-refractivity contribution in [2.45, 2.75) is 42.2 Å². The highest BCUT2D eigenvalue weighted by Gasteiger charge is 2.33. The third-order valence-electron chi connectivity index (χ3n) is 7.25. The number of anilines is 1. The lowest BCUT2D eigenvalue weighted by molar-refractivity contribution is -0.134. The fourth-order valence-electron chi connectivity index (χ4n) is 4.68. The lowest BCUT2D eigenvalue weighted by Crippen LogP contribution is -2.48. The van der Waals surface area contributed by atoms with Gasteiger partial charge in [0.2, 0.25) is 15.9 Å². The van der Waals surface area contributed by atoms with Crippen molar-refractivity contribution in [3.63, 3.8) is 0 Å². The molecule has 1 heterocycles. The Hall–Kier alpha value is -2.87. The van der Waals surface area contributed by atoms with Crippen molar-refractivity contribution >= 4 is 54.8 Å². The highest BCUT2D eigenvalue weighted by molar-refractivity contribution is 7.92. The molecule has 3 aromatic rings. The van der Waals surface area contributed by atoms with E-state index in [1.54, 1.807) is 13.0 Å². The van der Waals surface area contributed by atoms with Crippen molar-refractivity contribution in [3.8, 4) is 5.75 Å². The Morgan fingerprint density at radius 3 is 2.16 bits per heavy atom. The van der Waals surface area contributed by atoms with Crippen LogP contribution < -0.4 is 9.46 Å². The van der Waals surface area contributed by atoms with Crippen molar-refractivity contribution in [1.82, 2.24) is 9.21 Å². The van der Waals surface area contributed by atoms with Gasteiger partial charge in [-0.3, -0.25) is 9.52 Å². The van der Waals surface area contributed by atoms with Crippen molar-refractivity contribution < 1.29 is 31.5 Å². The topological polar surface area (TPSA) is 133 Å². The minimum Gasteiger partial charge on any atom is -0.488 e. The summed E-state index contributed by atoms with van der Waals surface area (Å²) in [6.07, 6.45) is -0.837. The first kappa shape index (κ1) is 33.0. The molecule has 10 nitrogen and oxygen atoms in total. The van der Waals surface area contributed by atoms with Crippen LogP contribution in [-0.2, 0) is 31.3 Å². The number of aliphatic hydroxyl groups is 1. The van der Waals surface area contributed by atoms with E-state index in [1.165, 1.54) is 76.9 Å². The number of nitrogens with one attached hydrogen (secondary N) is 1. The SMILES string of the molecule is C[C@@H]1CN([C@H](C)CO)C(=O)Cc2cc(NS(=O)(=O)c3ccc(Cl)cc3)ccc2O[C@@H]1CN(C)S(=O)(=O)c1ccc(Cl)cc1. The average molecular weight is 671 g/mol. The molecule has 0 aliphatic carbocycles. The molecule has 232 valence electrons. The maximum atomic E-state index is 13.5. The molecule has 1 amide bonds. The Morgan fingerprint density at radius 2 is 1.58 bits per heavy atom. The van der Waals surface area contributed by atoms with Gasteiger partial charge in [0, 0.05) is 40.8 Å². The van der Waals surface area contributed by atoms with Crippen LogP contribution in [0.2, 0.25) is 10.0 Å². The number of likely N-dealkylation sites (N-methyl/N-ethyl adjacent to an activating group) is 1. The summed E-state index contributed by atoms with van der Waals surface area (Å²) in [6, 6.07) is 15.6. The predicted molar refractivity (Wildman–Crippen MR) is 166 cm³/mol. The fraction of sp³-hybridized carbons (Fsp3) is 0.345. The Balaban J connectivity index is 1.68. The van der Waals surface area contributed by atoms with Crippen LogP contribution >= 0.6 is 23.2 Å². The minimum atomic E-state index is -3.96. The molecule has 0 aromatic heterocycles. The highest BCUT2D eigenvalue weighted by Crippen LogP contribution is 2.31. The number of rotatable bonds is 9. The zero-order chi connectivity index (χ0) is 31.5. The Kier molecular flexibility index (Phi) is 10.3. The number of sulfonamides is 2. The van der Waals surface area contributed by atoms with Crippen LogP contribution in [0, 0.1) is 5.92 Å². The number of ether oxygens (including phenoxy) is 1. The maximum Gasteiger partial charge on any atom is 0.261 e. The molecule has 3 atom stereocenters. The molecule has 1 aliphatic rings. The van der Waals surface area contributed by atoms with Gasteiger partial charge in [0.15, 0.2) is 0 Å². The normalized spacial score (nSPS) is 18.7. The van der Waals surface area contributed by atoms with E-state index in [9.17, 15) is 26.7 Å². The molecule has 3 aromatic carbocycles. The first-order valence-corrected chi connectivity index (χ1v) is 17.1. The first-order valence-electron chi connectivity index (χ1n) is 13.4. The van der Waals surface area contributed by atoms with Crippen LogP contribution in [0.1, 0.15) is 19.4 Å². The molecule has 2 N–H and O–H groups in total. The van der Waals surface area contributed by atoms with Crippen molar-refractivity contribution in [1.29, 1.82) is 0 Å². The van der Waals surface area contributed by atoms with Gasteiger partial charge in [0.25, 0.3) is 10.0 Å². The van der Waals surface area contributed by atoms with Gasteiger partial charge < -0.3 is 14.7 Å². The van der Waals surface area contributed by atoms with Gasteiger partial charge in [-0.2, -0.15) is 4.31 Å². The summed E-state index contributed by atoms with van der Waals surface area (Å²) in [6.45, 7) is 3.43. The third kappa shape index (κ3) is 7.81. The minimum absolute atomic E-state index is 0.00883. The number of carbonyl (C=O) groups excluding carboxylic acids is 1. The third-order valence-corrected chi connectivity index (χ3v) is 11.0. The molecule has 0 radical (unpaired) electrons. The number of halogens is 2. The van der Waals surface area contributed by atoms with Gasteiger partial charge in [-0.15, -0.1) is 0 Å². The van der Waals surface area contributed by atoms with Crippen LogP contribution in [0.4, 0.5) is 5.69 Å². The summed E-state index contributed by atoms with van der Waals surface area (Å²) in [5.74, 6) is -0.330. The molecule has 0 spiro atoms. The van der Waals surface area contributed by atoms with E-state index < -0.39 is 32.2 Å². The molecule has 43 heavy (non-hydrogen) atoms. The second-order valence-electron chi connectivity index (χ2n) is 10.5. The Bertz CT molecular complexity index is 1670. The standard InChI is InChI=1S/C29H33Cl2N3O7S2/c1-19-16-34(20(2)18-35)29(36)15-21-14-24(32-42(37,38)25-9-4-22(30)5-10-25)8-13-27(21)41-28(19)17-33(3)43(39,40)26-11-6-23(31)7-12-26/h4-14,19-20,28,32,35H,15-18H2,1-3H3/t19-,20-,28-/m1/s1. The largest absolute Gasteiger partial charge is 0.488 e. The van der Waals surface area contributed by atoms with Gasteiger partial charge in [0.05, 0.1) is 35.4 Å². The molecule has 14 heteroatoms. The Labute approximate surface area is 262 Å². The van der Waals surface area contributed by atoms with Crippen LogP contribution in [0.15, 0.2) is 76.5 Å². The summed E-state index contributed by atoms with van der Waals surface area (Å²) in [5, 5.41) is 10.7. The molecule has 4 rings (SSSR count). The van der Waals surface area contributed by atoms with Crippen LogP contribution in [-0.4, -0.2) is 75.9 Å². The first-order chi connectivity index (χ1) is 20.2. The average Bonchev–Trinajstić information content (AvgIpc) is 3.00. The van der Waals surface area contributed by atoms with E-state index >= 15 is 0 Å². The second-order valence-corrected chi connectivity index (χ2v) is 15.1. The van der Waals surface area contributed by atoms with E-state index in [0.717, 1.165) is 0 Å². The van der Waals surface area contributed by atoms with E-state index in [1.807, 2.05) is 6.92 Å². The van der Waals surface area contributed by atoms with Crippen molar-refractivity contribution in [3.05, 3.63) is 82.3 Å². The van der Waals surface area contributed by atoms with E-state index in [4.69, 9.17) is 27.9 Å². The van der Waals surface area contributed by atoms with Gasteiger partial charge in [-0.05, 0) is 73.7 Å². The molecule has 0 unspecified atom stereocenters. The fourth-order valence-corrected chi connectivity index (χ4v) is 7.16. The zero-order valence-corrected chi connectivity index (χ0v) is 26.9. The smallest absolute Gasteiger partial charge is 0.261 e. The monoisotopic (exact) mass is 669 g/mol. The molecule has 0 bridgehead atoms. The number of aliphatic hydroxyl groups excluding tert-OH is 1. The summed E-state index contributed by atoms with van der Waals surface area (Å²) >= 11 is 11.8. The number of carbonyl (C=O) groups is 1. The lowest BCUT2D eigenvalue weighted by atomic mass is 10.0. The quantitative estimate of drug-likeness (QED) is 0.348. The number of nitrogens with zero attached hydrogens (tertiary/aromatic N) is 2. The number of benzene rings is 3. The summed E-state index contributed by atoms with van der Waals surface area (Å²) in [7, 11) is -6.41. The highest BCUT2D eigenvalue weighted by atomic mass is 35.5. The van der Waals surface area contributed by atoms with E-state index in [-0.39, 0.29) is 53.4 Å². The molecular formula is C29H33Cl2N3O7S2. The molecule has 0 fully saturated rings. The van der Waals surface area contributed by atoms with Gasteiger partial charge in [0.1, 0.15) is 11.9 Å². The van der Waals surface area contributed by atoms with Gasteiger partial charge in [-0.25, -0.2) is 16.8 Å². The predicted octanol–water partition coefficient (Wildman–Crippen LogP) is 4.26. The summed E-state index contributed by atoms with van der Waals surface area (Å²) in [4.78, 5) is 15.1. The number of amides is 1. The molecular weight excluding hydrogens is 637 g/mol. The molecule has 0 saturated heterocycles. The van der Waals surface area contributed by atoms with E-state index in [2.05, 4.69) is 4.72 Å². The molecule has 0 saturated carbocycles.